The van der Waals surface area contributed by atoms with Crippen molar-refractivity contribution in [3.63, 3.8) is 0 Å². The number of nitrogens with zero attached hydrogens (tertiary/aromatic N) is 1. The van der Waals surface area contributed by atoms with Gasteiger partial charge in [-0.2, -0.15) is 0 Å². The lowest BCUT2D eigenvalue weighted by Gasteiger charge is -2.25. The molecule has 0 aromatic heterocycles. The third-order valence-electron chi connectivity index (χ3n) is 4.98. The molecule has 1 aliphatic rings. The number of hydrogen-bond donors (Lipinski definition) is 1. The molecule has 1 N–H and O–H groups in total. The van der Waals surface area contributed by atoms with Crippen LogP contribution >= 0.6 is 0 Å². The first-order valence-electron chi connectivity index (χ1n) is 9.20. The highest BCUT2D eigenvalue weighted by Gasteiger charge is 2.46. The maximum atomic E-state index is 14.7. The number of amides is 1. The summed E-state index contributed by atoms with van der Waals surface area (Å²) in [5.41, 5.74) is 1.25. The second kappa shape index (κ2) is 7.72. The number of carbonyl (C=O) groups is 2. The molecule has 4 rings (SSSR count). The number of benzene rings is 3. The van der Waals surface area contributed by atoms with Gasteiger partial charge in [0, 0.05) is 17.7 Å². The van der Waals surface area contributed by atoms with Gasteiger partial charge in [-0.15, -0.1) is 0 Å². The number of rotatable bonds is 4. The number of aliphatic hydroxyl groups is 1. The number of Topliss-reactive ketones (excluding diaryl/α,β-unsaturated/α-hetero) is 1. The number of carbonyl (C=O) groups excluding carboxylic acids is 2. The zero-order valence-electron chi connectivity index (χ0n) is 15.5. The molecule has 0 radical (unpaired) electrons. The molecule has 0 aliphatic carbocycles. The maximum Gasteiger partial charge on any atom is 0.295 e. The fraction of sp³-hybridized carbons (Fsp3) is 0.0833. The Morgan fingerprint density at radius 2 is 1.45 bits per heavy atom. The van der Waals surface area contributed by atoms with Crippen LogP contribution in [0.25, 0.3) is 5.76 Å². The Bertz CT molecular complexity index is 1090. The Hall–Kier alpha value is -3.73. The van der Waals surface area contributed by atoms with Gasteiger partial charge in [0.25, 0.3) is 11.7 Å². The van der Waals surface area contributed by atoms with Gasteiger partial charge in [-0.05, 0) is 11.6 Å². The summed E-state index contributed by atoms with van der Waals surface area (Å²) >= 11 is 0. The van der Waals surface area contributed by atoms with E-state index in [1.807, 2.05) is 30.3 Å². The fourth-order valence-corrected chi connectivity index (χ4v) is 3.59. The van der Waals surface area contributed by atoms with Gasteiger partial charge in [0.05, 0.1) is 11.6 Å². The van der Waals surface area contributed by atoms with Crippen LogP contribution in [0.2, 0.25) is 0 Å². The Morgan fingerprint density at radius 3 is 2.10 bits per heavy atom. The second-order valence-electron chi connectivity index (χ2n) is 6.80. The zero-order valence-corrected chi connectivity index (χ0v) is 15.5. The lowest BCUT2D eigenvalue weighted by atomic mass is 9.95. The summed E-state index contributed by atoms with van der Waals surface area (Å²) in [5, 5.41) is 10.9. The van der Waals surface area contributed by atoms with E-state index >= 15 is 0 Å². The molecule has 1 saturated heterocycles. The summed E-state index contributed by atoms with van der Waals surface area (Å²) < 4.78 is 14.7. The van der Waals surface area contributed by atoms with Crippen molar-refractivity contribution in [3.05, 3.63) is 113 Å². The van der Waals surface area contributed by atoms with Crippen molar-refractivity contribution in [3.8, 4) is 0 Å². The van der Waals surface area contributed by atoms with Gasteiger partial charge < -0.3 is 10.0 Å². The van der Waals surface area contributed by atoms with Crippen LogP contribution in [0.3, 0.4) is 0 Å². The molecule has 0 saturated carbocycles. The van der Waals surface area contributed by atoms with E-state index in [2.05, 4.69) is 0 Å². The molecule has 4 nitrogen and oxygen atoms in total. The molecule has 5 heteroatoms. The summed E-state index contributed by atoms with van der Waals surface area (Å²) in [4.78, 5) is 27.1. The molecule has 1 aliphatic heterocycles. The van der Waals surface area contributed by atoms with E-state index in [0.29, 0.717) is 5.56 Å². The first kappa shape index (κ1) is 18.6. The van der Waals surface area contributed by atoms with E-state index in [-0.39, 0.29) is 23.4 Å². The predicted octanol–water partition coefficient (Wildman–Crippen LogP) is 4.45. The largest absolute Gasteiger partial charge is 0.507 e. The lowest BCUT2D eigenvalue weighted by molar-refractivity contribution is -0.140. The molecule has 1 heterocycles. The van der Waals surface area contributed by atoms with Crippen LogP contribution < -0.4 is 0 Å². The Morgan fingerprint density at radius 1 is 0.862 bits per heavy atom. The minimum Gasteiger partial charge on any atom is -0.507 e. The van der Waals surface area contributed by atoms with Crippen LogP contribution in [0, 0.1) is 5.82 Å². The highest BCUT2D eigenvalue weighted by molar-refractivity contribution is 6.46. The van der Waals surface area contributed by atoms with Crippen LogP contribution in [0.5, 0.6) is 0 Å². The number of ketones is 1. The molecule has 3 aromatic rings. The van der Waals surface area contributed by atoms with E-state index in [1.54, 1.807) is 42.5 Å². The summed E-state index contributed by atoms with van der Waals surface area (Å²) in [6.07, 6.45) is 0. The standard InChI is InChI=1S/C24H18FNO3/c25-19-14-8-7-13-18(19)21-20(22(27)17-11-5-2-6-12-17)23(28)24(29)26(21)15-16-9-3-1-4-10-16/h1-14,21,27H,15H2. The molecule has 1 amide bonds. The van der Waals surface area contributed by atoms with E-state index in [0.717, 1.165) is 5.56 Å². The average Bonchev–Trinajstić information content (AvgIpc) is 3.00. The summed E-state index contributed by atoms with van der Waals surface area (Å²) in [5.74, 6) is -2.45. The number of hydrogen-bond acceptors (Lipinski definition) is 3. The molecule has 0 spiro atoms. The first-order chi connectivity index (χ1) is 14.1. The van der Waals surface area contributed by atoms with Crippen molar-refractivity contribution in [1.82, 2.24) is 4.90 Å². The number of aliphatic hydroxyl groups excluding tert-OH is 1. The van der Waals surface area contributed by atoms with Gasteiger partial charge in [0.15, 0.2) is 0 Å². The quantitative estimate of drug-likeness (QED) is 0.409. The molecule has 144 valence electrons. The van der Waals surface area contributed by atoms with Gasteiger partial charge in [0.2, 0.25) is 0 Å². The SMILES string of the molecule is O=C1C(=O)N(Cc2ccccc2)C(c2ccccc2F)C1=C(O)c1ccccc1. The van der Waals surface area contributed by atoms with Crippen LogP contribution in [0.15, 0.2) is 90.5 Å². The summed E-state index contributed by atoms with van der Waals surface area (Å²) in [6, 6.07) is 22.6. The van der Waals surface area contributed by atoms with Crippen molar-refractivity contribution in [2.24, 2.45) is 0 Å². The number of likely N-dealkylation sites (tertiary alicyclic amines) is 1. The van der Waals surface area contributed by atoms with Crippen molar-refractivity contribution in [1.29, 1.82) is 0 Å². The minimum absolute atomic E-state index is 0.109. The van der Waals surface area contributed by atoms with Gasteiger partial charge in [0.1, 0.15) is 11.6 Å². The normalized spacial score (nSPS) is 18.2. The van der Waals surface area contributed by atoms with Gasteiger partial charge in [-0.3, -0.25) is 9.59 Å². The number of halogens is 1. The third kappa shape index (κ3) is 3.43. The zero-order chi connectivity index (χ0) is 20.4. The van der Waals surface area contributed by atoms with Crippen LogP contribution in [-0.2, 0) is 16.1 Å². The molecule has 0 bridgehead atoms. The molecular formula is C24H18FNO3. The third-order valence-corrected chi connectivity index (χ3v) is 4.98. The van der Waals surface area contributed by atoms with E-state index < -0.39 is 23.5 Å². The van der Waals surface area contributed by atoms with Gasteiger partial charge >= 0.3 is 0 Å². The maximum absolute atomic E-state index is 14.7. The fourth-order valence-electron chi connectivity index (χ4n) is 3.59. The predicted molar refractivity (Wildman–Crippen MR) is 107 cm³/mol. The average molecular weight is 387 g/mol. The van der Waals surface area contributed by atoms with Crippen LogP contribution in [0.1, 0.15) is 22.7 Å². The molecular weight excluding hydrogens is 369 g/mol. The van der Waals surface area contributed by atoms with Crippen molar-refractivity contribution in [2.45, 2.75) is 12.6 Å². The summed E-state index contributed by atoms with van der Waals surface area (Å²) in [6.45, 7) is 0.121. The van der Waals surface area contributed by atoms with E-state index in [4.69, 9.17) is 0 Å². The van der Waals surface area contributed by atoms with E-state index in [9.17, 15) is 19.1 Å². The smallest absolute Gasteiger partial charge is 0.295 e. The Balaban J connectivity index is 1.89. The van der Waals surface area contributed by atoms with Crippen LogP contribution in [-0.4, -0.2) is 21.7 Å². The minimum atomic E-state index is -1.02. The molecule has 1 atom stereocenters. The van der Waals surface area contributed by atoms with E-state index in [1.165, 1.54) is 17.0 Å². The van der Waals surface area contributed by atoms with Crippen molar-refractivity contribution in [2.75, 3.05) is 0 Å². The van der Waals surface area contributed by atoms with Gasteiger partial charge in [-0.1, -0.05) is 78.9 Å². The Kier molecular flexibility index (Phi) is 4.96. The van der Waals surface area contributed by atoms with Crippen LogP contribution in [0.4, 0.5) is 4.39 Å². The Labute approximate surface area is 167 Å². The topological polar surface area (TPSA) is 57.6 Å². The highest BCUT2D eigenvalue weighted by atomic mass is 19.1. The van der Waals surface area contributed by atoms with Gasteiger partial charge in [-0.25, -0.2) is 4.39 Å². The van der Waals surface area contributed by atoms with Crippen molar-refractivity contribution < 1.29 is 19.1 Å². The molecule has 1 fully saturated rings. The summed E-state index contributed by atoms with van der Waals surface area (Å²) in [7, 11) is 0. The molecule has 29 heavy (non-hydrogen) atoms. The molecule has 1 unspecified atom stereocenters. The lowest BCUT2D eigenvalue weighted by Crippen LogP contribution is -2.29. The van der Waals surface area contributed by atoms with Crippen molar-refractivity contribution >= 4 is 17.4 Å². The highest BCUT2D eigenvalue weighted by Crippen LogP contribution is 2.41. The first-order valence-corrected chi connectivity index (χ1v) is 9.20. The molecule has 3 aromatic carbocycles. The monoisotopic (exact) mass is 387 g/mol. The second-order valence-corrected chi connectivity index (χ2v) is 6.80.